The van der Waals surface area contributed by atoms with Crippen molar-refractivity contribution in [3.63, 3.8) is 0 Å². The second-order valence-electron chi connectivity index (χ2n) is 6.35. The first-order valence-electron chi connectivity index (χ1n) is 8.47. The van der Waals surface area contributed by atoms with Gasteiger partial charge in [0, 0.05) is 32.1 Å². The van der Waals surface area contributed by atoms with Gasteiger partial charge in [0.2, 0.25) is 5.91 Å². The third-order valence-corrected chi connectivity index (χ3v) is 4.77. The average molecular weight is 339 g/mol. The highest BCUT2D eigenvalue weighted by molar-refractivity contribution is 5.85. The molecule has 2 fully saturated rings. The molecule has 0 radical (unpaired) electrons. The minimum Gasteiger partial charge on any atom is -0.378 e. The van der Waals surface area contributed by atoms with Crippen LogP contribution in [0.5, 0.6) is 0 Å². The highest BCUT2D eigenvalue weighted by atomic mass is 35.5. The lowest BCUT2D eigenvalue weighted by Gasteiger charge is -2.27. The summed E-state index contributed by atoms with van der Waals surface area (Å²) < 4.78 is 5.44. The number of hydrogen-bond donors (Lipinski definition) is 1. The zero-order valence-electron chi connectivity index (χ0n) is 13.6. The molecule has 2 atom stereocenters. The second-order valence-corrected chi connectivity index (χ2v) is 6.35. The standard InChI is InChI=1S/C18H26N2O2.ClH/c21-18(13-17-14-22-12-9-19-17)20-10-4-7-16(8-11-20)15-5-2-1-3-6-15;/h1-3,5-6,16-17,19H,4,7-14H2;1H. The van der Waals surface area contributed by atoms with Gasteiger partial charge in [-0.2, -0.15) is 0 Å². The van der Waals surface area contributed by atoms with Gasteiger partial charge in [-0.1, -0.05) is 30.3 Å². The van der Waals surface area contributed by atoms with E-state index in [2.05, 4.69) is 40.5 Å². The molecular formula is C18H27ClN2O2. The zero-order valence-corrected chi connectivity index (χ0v) is 14.4. The summed E-state index contributed by atoms with van der Waals surface area (Å²) in [5.41, 5.74) is 1.42. The molecule has 0 aliphatic carbocycles. The summed E-state index contributed by atoms with van der Waals surface area (Å²) in [6, 6.07) is 10.9. The van der Waals surface area contributed by atoms with E-state index >= 15 is 0 Å². The molecule has 1 aromatic rings. The number of hydrogen-bond acceptors (Lipinski definition) is 3. The van der Waals surface area contributed by atoms with Crippen molar-refractivity contribution in [3.05, 3.63) is 35.9 Å². The Hall–Kier alpha value is -1.10. The third kappa shape index (κ3) is 5.20. The Morgan fingerprint density at radius 2 is 2.04 bits per heavy atom. The topological polar surface area (TPSA) is 41.6 Å². The smallest absolute Gasteiger partial charge is 0.224 e. The molecule has 1 amide bonds. The van der Waals surface area contributed by atoms with E-state index in [1.165, 1.54) is 12.0 Å². The van der Waals surface area contributed by atoms with Crippen molar-refractivity contribution in [1.29, 1.82) is 0 Å². The number of morpholine rings is 1. The minimum atomic E-state index is 0. The second kappa shape index (κ2) is 9.26. The fourth-order valence-electron chi connectivity index (χ4n) is 3.50. The Balaban J connectivity index is 0.00000192. The van der Waals surface area contributed by atoms with E-state index in [4.69, 9.17) is 4.74 Å². The zero-order chi connectivity index (χ0) is 15.2. The van der Waals surface area contributed by atoms with Crippen molar-refractivity contribution in [2.75, 3.05) is 32.8 Å². The number of carbonyl (C=O) groups is 1. The molecule has 1 aromatic carbocycles. The van der Waals surface area contributed by atoms with Gasteiger partial charge in [0.05, 0.1) is 13.2 Å². The lowest BCUT2D eigenvalue weighted by atomic mass is 9.92. The van der Waals surface area contributed by atoms with Crippen LogP contribution in [0.1, 0.15) is 37.2 Å². The monoisotopic (exact) mass is 338 g/mol. The van der Waals surface area contributed by atoms with Crippen molar-refractivity contribution < 1.29 is 9.53 Å². The fraction of sp³-hybridized carbons (Fsp3) is 0.611. The van der Waals surface area contributed by atoms with Gasteiger partial charge in [-0.25, -0.2) is 0 Å². The van der Waals surface area contributed by atoms with Crippen LogP contribution in [-0.2, 0) is 9.53 Å². The minimum absolute atomic E-state index is 0. The largest absolute Gasteiger partial charge is 0.378 e. The molecule has 23 heavy (non-hydrogen) atoms. The molecule has 0 saturated carbocycles. The number of likely N-dealkylation sites (tertiary alicyclic amines) is 1. The fourth-order valence-corrected chi connectivity index (χ4v) is 3.50. The summed E-state index contributed by atoms with van der Waals surface area (Å²) in [5, 5.41) is 3.37. The predicted molar refractivity (Wildman–Crippen MR) is 94.1 cm³/mol. The van der Waals surface area contributed by atoms with Crippen molar-refractivity contribution >= 4 is 18.3 Å². The van der Waals surface area contributed by atoms with Crippen LogP contribution >= 0.6 is 12.4 Å². The molecule has 2 saturated heterocycles. The van der Waals surface area contributed by atoms with Crippen molar-refractivity contribution in [2.24, 2.45) is 0 Å². The van der Waals surface area contributed by atoms with Gasteiger partial charge in [-0.05, 0) is 30.7 Å². The molecule has 3 rings (SSSR count). The number of carbonyl (C=O) groups excluding carboxylic acids is 1. The summed E-state index contributed by atoms with van der Waals surface area (Å²) >= 11 is 0. The van der Waals surface area contributed by atoms with E-state index in [0.29, 0.717) is 18.9 Å². The van der Waals surface area contributed by atoms with Crippen molar-refractivity contribution in [1.82, 2.24) is 10.2 Å². The maximum Gasteiger partial charge on any atom is 0.224 e. The molecule has 4 nitrogen and oxygen atoms in total. The number of nitrogens with one attached hydrogen (secondary N) is 1. The number of rotatable bonds is 3. The summed E-state index contributed by atoms with van der Waals surface area (Å²) in [4.78, 5) is 14.5. The van der Waals surface area contributed by atoms with Crippen molar-refractivity contribution in [3.8, 4) is 0 Å². The lowest BCUT2D eigenvalue weighted by molar-refractivity contribution is -0.132. The molecule has 128 valence electrons. The molecule has 2 aliphatic rings. The molecule has 2 unspecified atom stereocenters. The summed E-state index contributed by atoms with van der Waals surface area (Å²) in [7, 11) is 0. The molecule has 5 heteroatoms. The Kier molecular flexibility index (Phi) is 7.34. The van der Waals surface area contributed by atoms with Gasteiger partial charge in [0.1, 0.15) is 0 Å². The first-order chi connectivity index (χ1) is 10.8. The Morgan fingerprint density at radius 1 is 1.22 bits per heavy atom. The number of halogens is 1. The van der Waals surface area contributed by atoms with Crippen LogP contribution in [0, 0.1) is 0 Å². The first-order valence-corrected chi connectivity index (χ1v) is 8.47. The first kappa shape index (κ1) is 18.2. The Labute approximate surface area is 145 Å². The van der Waals surface area contributed by atoms with E-state index in [1.807, 2.05) is 0 Å². The van der Waals surface area contributed by atoms with E-state index < -0.39 is 0 Å². The molecule has 2 aliphatic heterocycles. The summed E-state index contributed by atoms with van der Waals surface area (Å²) in [5.74, 6) is 0.867. The Bertz CT molecular complexity index is 477. The number of ether oxygens (including phenoxy) is 1. The maximum absolute atomic E-state index is 12.5. The van der Waals surface area contributed by atoms with Crippen LogP contribution in [0.25, 0.3) is 0 Å². The summed E-state index contributed by atoms with van der Waals surface area (Å²) in [6.45, 7) is 4.05. The van der Waals surface area contributed by atoms with Crippen LogP contribution in [-0.4, -0.2) is 49.7 Å². The van der Waals surface area contributed by atoms with Gasteiger partial charge in [-0.15, -0.1) is 12.4 Å². The van der Waals surface area contributed by atoms with E-state index in [-0.39, 0.29) is 24.4 Å². The SMILES string of the molecule is Cl.O=C(CC1COCCN1)N1CCCC(c2ccccc2)CC1. The lowest BCUT2D eigenvalue weighted by Crippen LogP contribution is -2.45. The number of amides is 1. The van der Waals surface area contributed by atoms with Gasteiger partial charge < -0.3 is 15.0 Å². The predicted octanol–water partition coefficient (Wildman–Crippen LogP) is 2.58. The van der Waals surface area contributed by atoms with E-state index in [0.717, 1.165) is 39.1 Å². The Morgan fingerprint density at radius 3 is 2.78 bits per heavy atom. The normalized spacial score (nSPS) is 25.3. The van der Waals surface area contributed by atoms with Gasteiger partial charge in [0.15, 0.2) is 0 Å². The molecule has 0 aromatic heterocycles. The highest BCUT2D eigenvalue weighted by Gasteiger charge is 2.24. The van der Waals surface area contributed by atoms with Crippen LogP contribution in [0.4, 0.5) is 0 Å². The quantitative estimate of drug-likeness (QED) is 0.921. The van der Waals surface area contributed by atoms with Crippen LogP contribution < -0.4 is 5.32 Å². The highest BCUT2D eigenvalue weighted by Crippen LogP contribution is 2.28. The number of benzene rings is 1. The van der Waals surface area contributed by atoms with Crippen molar-refractivity contribution in [2.45, 2.75) is 37.6 Å². The van der Waals surface area contributed by atoms with Gasteiger partial charge in [-0.3, -0.25) is 4.79 Å². The van der Waals surface area contributed by atoms with E-state index in [9.17, 15) is 4.79 Å². The molecule has 2 heterocycles. The van der Waals surface area contributed by atoms with Gasteiger partial charge >= 0.3 is 0 Å². The van der Waals surface area contributed by atoms with Gasteiger partial charge in [0.25, 0.3) is 0 Å². The van der Waals surface area contributed by atoms with Crippen LogP contribution in [0.3, 0.4) is 0 Å². The molecule has 1 N–H and O–H groups in total. The van der Waals surface area contributed by atoms with E-state index in [1.54, 1.807) is 0 Å². The van der Waals surface area contributed by atoms with Crippen LogP contribution in [0.15, 0.2) is 30.3 Å². The molecule has 0 spiro atoms. The summed E-state index contributed by atoms with van der Waals surface area (Å²) in [6.07, 6.45) is 3.92. The maximum atomic E-state index is 12.5. The van der Waals surface area contributed by atoms with Crippen LogP contribution in [0.2, 0.25) is 0 Å². The third-order valence-electron chi connectivity index (χ3n) is 4.77. The average Bonchev–Trinajstić information content (AvgIpc) is 2.83. The molecule has 0 bridgehead atoms. The number of nitrogens with zero attached hydrogens (tertiary/aromatic N) is 1. The molecular weight excluding hydrogens is 312 g/mol.